The average Bonchev–Trinajstić information content (AvgIpc) is 2.87. The van der Waals surface area contributed by atoms with Gasteiger partial charge in [0.25, 0.3) is 11.6 Å². The van der Waals surface area contributed by atoms with Gasteiger partial charge in [0, 0.05) is 42.9 Å². The second-order valence-corrected chi connectivity index (χ2v) is 8.25. The van der Waals surface area contributed by atoms with Gasteiger partial charge in [0.15, 0.2) is 0 Å². The fourth-order valence-electron chi connectivity index (χ4n) is 3.33. The third kappa shape index (κ3) is 8.95. The van der Waals surface area contributed by atoms with E-state index in [2.05, 4.69) is 10.3 Å². The van der Waals surface area contributed by atoms with Crippen molar-refractivity contribution in [2.24, 2.45) is 0 Å². The number of carbonyl (C=O) groups is 3. The Labute approximate surface area is 219 Å². The molecule has 0 saturated carbocycles. The summed E-state index contributed by atoms with van der Waals surface area (Å²) in [5.41, 5.74) is 4.17. The van der Waals surface area contributed by atoms with Crippen molar-refractivity contribution in [2.75, 3.05) is 27.2 Å². The SMILES string of the molecule is Cc1nc(-c2ccccc2)cc(-c2ccc([N+](=O)[O-])cc2)c1C(=O)NCCN(C)C.O=C(O)/C=C/C(=O)O. The zero-order chi connectivity index (χ0) is 28.2. The zero-order valence-electron chi connectivity index (χ0n) is 21.1. The minimum Gasteiger partial charge on any atom is -0.478 e. The molecule has 0 spiro atoms. The number of benzene rings is 2. The molecule has 0 fully saturated rings. The van der Waals surface area contributed by atoms with Crippen molar-refractivity contribution in [3.63, 3.8) is 0 Å². The van der Waals surface area contributed by atoms with Gasteiger partial charge in [-0.2, -0.15) is 0 Å². The summed E-state index contributed by atoms with van der Waals surface area (Å²) in [6, 6.07) is 17.8. The summed E-state index contributed by atoms with van der Waals surface area (Å²) < 4.78 is 0. The molecule has 0 unspecified atom stereocenters. The van der Waals surface area contributed by atoms with Crippen LogP contribution in [0.15, 0.2) is 72.8 Å². The predicted molar refractivity (Wildman–Crippen MR) is 142 cm³/mol. The Morgan fingerprint density at radius 2 is 1.55 bits per heavy atom. The Balaban J connectivity index is 0.000000550. The van der Waals surface area contributed by atoms with Crippen LogP contribution in [0.25, 0.3) is 22.4 Å². The first-order valence-corrected chi connectivity index (χ1v) is 11.4. The Kier molecular flexibility index (Phi) is 10.8. The number of nitro benzene ring substituents is 1. The second-order valence-electron chi connectivity index (χ2n) is 8.25. The van der Waals surface area contributed by atoms with E-state index in [9.17, 15) is 24.5 Å². The number of aliphatic carboxylic acids is 2. The maximum atomic E-state index is 13.0. The fraction of sp³-hybridized carbons (Fsp3) is 0.185. The Hall–Kier alpha value is -4.90. The largest absolute Gasteiger partial charge is 0.478 e. The number of carbonyl (C=O) groups excluding carboxylic acids is 1. The Bertz CT molecular complexity index is 1310. The number of nitrogens with zero attached hydrogens (tertiary/aromatic N) is 3. The first kappa shape index (κ1) is 29.3. The molecule has 38 heavy (non-hydrogen) atoms. The lowest BCUT2D eigenvalue weighted by molar-refractivity contribution is -0.384. The monoisotopic (exact) mass is 520 g/mol. The quantitative estimate of drug-likeness (QED) is 0.217. The van der Waals surface area contributed by atoms with Gasteiger partial charge < -0.3 is 20.4 Å². The van der Waals surface area contributed by atoms with Crippen molar-refractivity contribution in [2.45, 2.75) is 6.92 Å². The van der Waals surface area contributed by atoms with E-state index in [0.29, 0.717) is 42.1 Å². The van der Waals surface area contributed by atoms with E-state index < -0.39 is 16.9 Å². The number of pyridine rings is 1. The van der Waals surface area contributed by atoms with Gasteiger partial charge in [0.2, 0.25) is 0 Å². The highest BCUT2D eigenvalue weighted by Crippen LogP contribution is 2.31. The molecule has 0 radical (unpaired) electrons. The maximum Gasteiger partial charge on any atom is 0.328 e. The number of carboxylic acids is 2. The van der Waals surface area contributed by atoms with E-state index >= 15 is 0 Å². The van der Waals surface area contributed by atoms with Gasteiger partial charge in [-0.3, -0.25) is 19.9 Å². The molecule has 1 heterocycles. The number of amides is 1. The predicted octanol–water partition coefficient (Wildman–Crippen LogP) is 3.64. The summed E-state index contributed by atoms with van der Waals surface area (Å²) >= 11 is 0. The number of non-ortho nitro benzene ring substituents is 1. The van der Waals surface area contributed by atoms with Gasteiger partial charge >= 0.3 is 11.9 Å². The standard InChI is InChI=1S/C23H24N4O3.C4H4O4/c1-16-22(23(28)24-13-14-26(2)3)20(17-9-11-19(12-10-17)27(29)30)15-21(25-16)18-7-5-4-6-8-18;5-3(6)1-2-4(7)8/h4-12,15H,13-14H2,1-3H3,(H,24,28);1-2H,(H,5,6)(H,7,8)/b;2-1+. The van der Waals surface area contributed by atoms with Gasteiger partial charge in [0.1, 0.15) is 0 Å². The number of nitrogens with one attached hydrogen (secondary N) is 1. The summed E-state index contributed by atoms with van der Waals surface area (Å²) in [4.78, 5) is 49.3. The Morgan fingerprint density at radius 1 is 0.974 bits per heavy atom. The van der Waals surface area contributed by atoms with Crippen LogP contribution in [0.5, 0.6) is 0 Å². The topological polar surface area (TPSA) is 163 Å². The van der Waals surface area contributed by atoms with Crippen LogP contribution in [0.2, 0.25) is 0 Å². The van der Waals surface area contributed by atoms with Crippen LogP contribution in [-0.4, -0.2) is 70.1 Å². The minimum atomic E-state index is -1.26. The van der Waals surface area contributed by atoms with Crippen molar-refractivity contribution in [3.05, 3.63) is 94.2 Å². The van der Waals surface area contributed by atoms with E-state index in [1.54, 1.807) is 12.1 Å². The van der Waals surface area contributed by atoms with Gasteiger partial charge in [-0.15, -0.1) is 0 Å². The molecule has 198 valence electrons. The first-order valence-electron chi connectivity index (χ1n) is 11.4. The van der Waals surface area contributed by atoms with Crippen LogP contribution in [-0.2, 0) is 9.59 Å². The van der Waals surface area contributed by atoms with Crippen LogP contribution < -0.4 is 5.32 Å². The number of aromatic nitrogens is 1. The minimum absolute atomic E-state index is 0.00444. The van der Waals surface area contributed by atoms with E-state index in [-0.39, 0.29) is 11.6 Å². The molecule has 2 aromatic carbocycles. The first-order chi connectivity index (χ1) is 18.0. The van der Waals surface area contributed by atoms with Crippen LogP contribution in [0.1, 0.15) is 16.1 Å². The normalized spacial score (nSPS) is 10.5. The molecule has 0 bridgehead atoms. The zero-order valence-corrected chi connectivity index (χ0v) is 21.1. The van der Waals surface area contributed by atoms with Gasteiger partial charge in [-0.05, 0) is 50.3 Å². The van der Waals surface area contributed by atoms with Crippen molar-refractivity contribution in [1.82, 2.24) is 15.2 Å². The third-order valence-corrected chi connectivity index (χ3v) is 5.10. The summed E-state index contributed by atoms with van der Waals surface area (Å²) in [6.07, 6.45) is 1.12. The summed E-state index contributed by atoms with van der Waals surface area (Å²) in [5.74, 6) is -2.73. The molecule has 0 aliphatic rings. The van der Waals surface area contributed by atoms with E-state index in [1.807, 2.05) is 62.3 Å². The van der Waals surface area contributed by atoms with E-state index in [4.69, 9.17) is 10.2 Å². The maximum absolute atomic E-state index is 13.0. The highest BCUT2D eigenvalue weighted by Gasteiger charge is 2.19. The van der Waals surface area contributed by atoms with Gasteiger partial charge in [-0.1, -0.05) is 30.3 Å². The second kappa shape index (κ2) is 14.0. The lowest BCUT2D eigenvalue weighted by Gasteiger charge is -2.16. The van der Waals surface area contributed by atoms with Crippen LogP contribution in [0, 0.1) is 17.0 Å². The fourth-order valence-corrected chi connectivity index (χ4v) is 3.33. The van der Waals surface area contributed by atoms with E-state index in [0.717, 1.165) is 16.8 Å². The molecule has 0 aliphatic heterocycles. The van der Waals surface area contributed by atoms with Crippen LogP contribution in [0.4, 0.5) is 5.69 Å². The molecular weight excluding hydrogens is 492 g/mol. The van der Waals surface area contributed by atoms with Crippen LogP contribution >= 0.6 is 0 Å². The highest BCUT2D eigenvalue weighted by atomic mass is 16.6. The number of hydrogen-bond acceptors (Lipinski definition) is 7. The summed E-state index contributed by atoms with van der Waals surface area (Å²) in [7, 11) is 3.88. The molecule has 0 atom stereocenters. The third-order valence-electron chi connectivity index (χ3n) is 5.10. The molecule has 0 aliphatic carbocycles. The lowest BCUT2D eigenvalue weighted by atomic mass is 9.95. The molecular formula is C27H28N4O7. The molecule has 1 amide bonds. The number of likely N-dealkylation sites (N-methyl/N-ethyl adjacent to an activating group) is 1. The van der Waals surface area contributed by atoms with Gasteiger partial charge in [0.05, 0.1) is 21.9 Å². The molecule has 11 nitrogen and oxygen atoms in total. The van der Waals surface area contributed by atoms with Crippen molar-refractivity contribution < 1.29 is 29.5 Å². The summed E-state index contributed by atoms with van der Waals surface area (Å²) in [5, 5.41) is 29.6. The smallest absolute Gasteiger partial charge is 0.328 e. The summed E-state index contributed by atoms with van der Waals surface area (Å²) in [6.45, 7) is 3.03. The van der Waals surface area contributed by atoms with Gasteiger partial charge in [-0.25, -0.2) is 9.59 Å². The molecule has 3 N–H and O–H groups in total. The number of hydrogen-bond donors (Lipinski definition) is 3. The molecule has 11 heteroatoms. The number of nitro groups is 1. The highest BCUT2D eigenvalue weighted by molar-refractivity contribution is 6.02. The number of rotatable bonds is 9. The average molecular weight is 521 g/mol. The Morgan fingerprint density at radius 3 is 2.05 bits per heavy atom. The van der Waals surface area contributed by atoms with Crippen LogP contribution in [0.3, 0.4) is 0 Å². The molecule has 3 aromatic rings. The molecule has 0 saturated heterocycles. The van der Waals surface area contributed by atoms with Crippen molar-refractivity contribution >= 4 is 23.5 Å². The lowest BCUT2D eigenvalue weighted by Crippen LogP contribution is -2.32. The number of aryl methyl sites for hydroxylation is 1. The molecule has 3 rings (SSSR count). The van der Waals surface area contributed by atoms with Crippen molar-refractivity contribution in [3.8, 4) is 22.4 Å². The molecule has 1 aromatic heterocycles. The van der Waals surface area contributed by atoms with Crippen molar-refractivity contribution in [1.29, 1.82) is 0 Å². The number of carboxylic acid groups (broad SMARTS) is 2. The van der Waals surface area contributed by atoms with E-state index in [1.165, 1.54) is 12.1 Å².